The van der Waals surface area contributed by atoms with Gasteiger partial charge in [-0.2, -0.15) is 5.26 Å². The summed E-state index contributed by atoms with van der Waals surface area (Å²) in [6.07, 6.45) is 0. The van der Waals surface area contributed by atoms with Crippen molar-refractivity contribution in [2.24, 2.45) is 0 Å². The summed E-state index contributed by atoms with van der Waals surface area (Å²) in [7, 11) is -3.07. The molecule has 0 atom stereocenters. The first-order valence-corrected chi connectivity index (χ1v) is 11.4. The van der Waals surface area contributed by atoms with Crippen LogP contribution in [0.5, 0.6) is 11.5 Å². The number of anilines is 1. The molecule has 0 bridgehead atoms. The zero-order chi connectivity index (χ0) is 25.4. The van der Waals surface area contributed by atoms with Gasteiger partial charge in [0.25, 0.3) is 21.8 Å². The molecule has 0 saturated heterocycles. The van der Waals surface area contributed by atoms with Crippen molar-refractivity contribution in [3.63, 3.8) is 0 Å². The molecule has 0 aliphatic heterocycles. The highest BCUT2D eigenvalue weighted by atomic mass is 32.2. The Morgan fingerprint density at radius 3 is 2.43 bits per heavy atom. The Labute approximate surface area is 200 Å². The molecular weight excluding hydrogens is 479 g/mol. The molecule has 3 rings (SSSR count). The van der Waals surface area contributed by atoms with E-state index in [1.54, 1.807) is 12.1 Å². The first-order chi connectivity index (χ1) is 16.7. The van der Waals surface area contributed by atoms with Crippen LogP contribution in [0, 0.1) is 17.1 Å². The lowest BCUT2D eigenvalue weighted by Crippen LogP contribution is -2.43. The number of methoxy groups -OCH3 is 1. The van der Waals surface area contributed by atoms with Crippen molar-refractivity contribution in [2.45, 2.75) is 4.90 Å². The second-order valence-corrected chi connectivity index (χ2v) is 8.53. The van der Waals surface area contributed by atoms with E-state index in [-0.39, 0.29) is 17.0 Å². The Balaban J connectivity index is 1.64. The summed E-state index contributed by atoms with van der Waals surface area (Å²) in [6, 6.07) is 16.8. The molecule has 0 unspecified atom stereocenters. The summed E-state index contributed by atoms with van der Waals surface area (Å²) >= 11 is 0. The van der Waals surface area contributed by atoms with Gasteiger partial charge in [-0.1, -0.05) is 12.1 Å². The summed E-state index contributed by atoms with van der Waals surface area (Å²) in [5, 5.41) is 8.77. The van der Waals surface area contributed by atoms with E-state index in [0.717, 1.165) is 18.2 Å². The number of hydrazine groups is 1. The maximum Gasteiger partial charge on any atom is 0.276 e. The first-order valence-electron chi connectivity index (χ1n) is 9.91. The summed E-state index contributed by atoms with van der Waals surface area (Å²) < 4.78 is 52.4. The lowest BCUT2D eigenvalue weighted by Gasteiger charge is -2.13. The highest BCUT2D eigenvalue weighted by molar-refractivity contribution is 7.92. The lowest BCUT2D eigenvalue weighted by molar-refractivity contribution is -0.123. The van der Waals surface area contributed by atoms with E-state index in [0.29, 0.717) is 11.3 Å². The van der Waals surface area contributed by atoms with Crippen LogP contribution in [0.4, 0.5) is 10.1 Å². The van der Waals surface area contributed by atoms with Crippen LogP contribution in [0.1, 0.15) is 15.9 Å². The van der Waals surface area contributed by atoms with Gasteiger partial charge >= 0.3 is 0 Å². The zero-order valence-corrected chi connectivity index (χ0v) is 19.1. The van der Waals surface area contributed by atoms with Crippen LogP contribution < -0.4 is 25.0 Å². The Morgan fingerprint density at radius 2 is 1.74 bits per heavy atom. The summed E-state index contributed by atoms with van der Waals surface area (Å²) in [6.45, 7) is -0.446. The standard InChI is InChI=1S/C23H19FN4O6S/c1-33-20-5-3-2-4-19(20)28-35(31,32)21-12-16(8-11-18(21)24)23(30)27-26-22(29)14-34-17-9-6-15(13-25)7-10-17/h2-12,28H,14H2,1H3,(H,26,29)(H,27,30). The molecule has 0 spiro atoms. The van der Waals surface area contributed by atoms with E-state index in [4.69, 9.17) is 14.7 Å². The number of sulfonamides is 1. The fourth-order valence-electron chi connectivity index (χ4n) is 2.79. The second kappa shape index (κ2) is 11.0. The van der Waals surface area contributed by atoms with Crippen LogP contribution >= 0.6 is 0 Å². The minimum atomic E-state index is -4.42. The molecule has 0 radical (unpaired) electrons. The quantitative estimate of drug-likeness (QED) is 0.404. The topological polar surface area (TPSA) is 147 Å². The third kappa shape index (κ3) is 6.46. The Bertz CT molecular complexity index is 1390. The van der Waals surface area contributed by atoms with Gasteiger partial charge in [0.05, 0.1) is 24.4 Å². The Morgan fingerprint density at radius 1 is 1.03 bits per heavy atom. The largest absolute Gasteiger partial charge is 0.495 e. The molecule has 2 amide bonds. The number of ether oxygens (including phenoxy) is 2. The van der Waals surface area contributed by atoms with Crippen molar-refractivity contribution < 1.29 is 31.9 Å². The molecule has 3 N–H and O–H groups in total. The summed E-state index contributed by atoms with van der Waals surface area (Å²) in [5.41, 5.74) is 4.49. The van der Waals surface area contributed by atoms with E-state index in [9.17, 15) is 22.4 Å². The Hall–Kier alpha value is -4.63. The number of rotatable bonds is 8. The number of halogens is 1. The van der Waals surface area contributed by atoms with E-state index in [1.807, 2.05) is 6.07 Å². The number of carbonyl (C=O) groups is 2. The predicted octanol–water partition coefficient (Wildman–Crippen LogP) is 2.35. The van der Waals surface area contributed by atoms with Crippen molar-refractivity contribution in [3.8, 4) is 17.6 Å². The second-order valence-electron chi connectivity index (χ2n) is 6.88. The normalized spacial score (nSPS) is 10.5. The molecule has 0 fully saturated rings. The summed E-state index contributed by atoms with van der Waals surface area (Å²) in [4.78, 5) is 23.6. The molecule has 0 aromatic heterocycles. The highest BCUT2D eigenvalue weighted by Crippen LogP contribution is 2.27. The fourth-order valence-corrected chi connectivity index (χ4v) is 3.96. The van der Waals surface area contributed by atoms with Crippen molar-refractivity contribution in [1.82, 2.24) is 10.9 Å². The molecule has 0 aliphatic carbocycles. The number of nitrogens with one attached hydrogen (secondary N) is 3. The average molecular weight is 498 g/mol. The van der Waals surface area contributed by atoms with Gasteiger partial charge in [0, 0.05) is 5.56 Å². The van der Waals surface area contributed by atoms with Gasteiger partial charge < -0.3 is 9.47 Å². The van der Waals surface area contributed by atoms with Gasteiger partial charge in [-0.25, -0.2) is 12.8 Å². The minimum Gasteiger partial charge on any atom is -0.495 e. The van der Waals surface area contributed by atoms with Crippen molar-refractivity contribution in [2.75, 3.05) is 18.4 Å². The van der Waals surface area contributed by atoms with Crippen LogP contribution in [-0.4, -0.2) is 33.9 Å². The van der Waals surface area contributed by atoms with Gasteiger partial charge in [-0.3, -0.25) is 25.2 Å². The van der Waals surface area contributed by atoms with Gasteiger partial charge in [0.15, 0.2) is 6.61 Å². The molecule has 3 aromatic rings. The molecule has 0 aliphatic rings. The fraction of sp³-hybridized carbons (Fsp3) is 0.0870. The first kappa shape index (κ1) is 25.0. The number of carbonyl (C=O) groups excluding carboxylic acids is 2. The SMILES string of the molecule is COc1ccccc1NS(=O)(=O)c1cc(C(=O)NNC(=O)COc2ccc(C#N)cc2)ccc1F. The van der Waals surface area contributed by atoms with E-state index >= 15 is 0 Å². The smallest absolute Gasteiger partial charge is 0.276 e. The molecule has 180 valence electrons. The van der Waals surface area contributed by atoms with Crippen molar-refractivity contribution >= 4 is 27.5 Å². The number of para-hydroxylation sites is 2. The third-order valence-electron chi connectivity index (χ3n) is 4.50. The van der Waals surface area contributed by atoms with E-state index < -0.39 is 39.2 Å². The maximum absolute atomic E-state index is 14.4. The van der Waals surface area contributed by atoms with Crippen LogP contribution in [0.2, 0.25) is 0 Å². The molecule has 12 heteroatoms. The Kier molecular flexibility index (Phi) is 7.85. The summed E-state index contributed by atoms with van der Waals surface area (Å²) in [5.74, 6) is -2.12. The number of nitrogens with zero attached hydrogens (tertiary/aromatic N) is 1. The molecule has 0 saturated carbocycles. The lowest BCUT2D eigenvalue weighted by atomic mass is 10.2. The third-order valence-corrected chi connectivity index (χ3v) is 5.88. The van der Waals surface area contributed by atoms with Crippen LogP contribution in [0.15, 0.2) is 71.6 Å². The van der Waals surface area contributed by atoms with Gasteiger partial charge in [0.2, 0.25) is 0 Å². The highest BCUT2D eigenvalue weighted by Gasteiger charge is 2.23. The zero-order valence-electron chi connectivity index (χ0n) is 18.2. The van der Waals surface area contributed by atoms with Crippen LogP contribution in [0.25, 0.3) is 0 Å². The molecule has 10 nitrogen and oxygen atoms in total. The average Bonchev–Trinajstić information content (AvgIpc) is 2.86. The molecule has 0 heterocycles. The number of hydrogen-bond donors (Lipinski definition) is 3. The molecule has 35 heavy (non-hydrogen) atoms. The monoisotopic (exact) mass is 498 g/mol. The van der Waals surface area contributed by atoms with Crippen LogP contribution in [-0.2, 0) is 14.8 Å². The van der Waals surface area contributed by atoms with Crippen molar-refractivity contribution in [3.05, 3.63) is 83.7 Å². The number of nitriles is 1. The maximum atomic E-state index is 14.4. The van der Waals surface area contributed by atoms with E-state index in [1.165, 1.54) is 43.5 Å². The van der Waals surface area contributed by atoms with Gasteiger partial charge in [-0.05, 0) is 54.6 Å². The van der Waals surface area contributed by atoms with Gasteiger partial charge in [0.1, 0.15) is 22.2 Å². The number of benzene rings is 3. The molecule has 3 aromatic carbocycles. The van der Waals surface area contributed by atoms with Crippen LogP contribution in [0.3, 0.4) is 0 Å². The minimum absolute atomic E-state index is 0.0822. The van der Waals surface area contributed by atoms with E-state index in [2.05, 4.69) is 15.6 Å². The predicted molar refractivity (Wildman–Crippen MR) is 122 cm³/mol. The number of amides is 2. The van der Waals surface area contributed by atoms with Gasteiger partial charge in [-0.15, -0.1) is 0 Å². The number of hydrogen-bond acceptors (Lipinski definition) is 7. The van der Waals surface area contributed by atoms with Crippen molar-refractivity contribution in [1.29, 1.82) is 5.26 Å². The molecular formula is C23H19FN4O6S.